The van der Waals surface area contributed by atoms with E-state index in [0.29, 0.717) is 17.2 Å². The molecule has 1 amide bonds. The molecule has 0 spiro atoms. The molecule has 0 radical (unpaired) electrons. The maximum absolute atomic E-state index is 11.8. The molecule has 0 fully saturated rings. The van der Waals surface area contributed by atoms with Crippen LogP contribution in [0.15, 0.2) is 34.5 Å². The predicted molar refractivity (Wildman–Crippen MR) is 79.0 cm³/mol. The van der Waals surface area contributed by atoms with Gasteiger partial charge in [-0.15, -0.1) is 11.3 Å². The van der Waals surface area contributed by atoms with Crippen LogP contribution in [-0.4, -0.2) is 19.3 Å². The molecular weight excluding hydrogens is 312 g/mol. The number of rotatable bonds is 5. The van der Waals surface area contributed by atoms with Gasteiger partial charge in [0.05, 0.1) is 4.90 Å². The van der Waals surface area contributed by atoms with Crippen LogP contribution < -0.4 is 16.2 Å². The van der Waals surface area contributed by atoms with Crippen molar-refractivity contribution in [3.63, 3.8) is 0 Å². The molecule has 1 aromatic heterocycles. The van der Waals surface area contributed by atoms with E-state index in [1.54, 1.807) is 17.5 Å². The Morgan fingerprint density at radius 2 is 1.95 bits per heavy atom. The molecule has 0 aliphatic heterocycles. The minimum absolute atomic E-state index is 0.0321. The van der Waals surface area contributed by atoms with E-state index >= 15 is 0 Å². The molecule has 2 rings (SSSR count). The fourth-order valence-electron chi connectivity index (χ4n) is 1.58. The third-order valence-corrected chi connectivity index (χ3v) is 4.46. The topological polar surface area (TPSA) is 128 Å². The Morgan fingerprint density at radius 3 is 2.48 bits per heavy atom. The van der Waals surface area contributed by atoms with Crippen LogP contribution in [0, 0.1) is 0 Å². The van der Waals surface area contributed by atoms with Gasteiger partial charge in [0.25, 0.3) is 5.91 Å². The Morgan fingerprint density at radius 1 is 1.29 bits per heavy atom. The zero-order chi connectivity index (χ0) is 15.5. The standard InChI is InChI=1S/C12H14N4O3S2/c13-5-11-16-10(7-20-11)12(17)15-6-8-1-3-9(4-2-8)21(14,18)19/h1-4,7H,5-6,13H2,(H,15,17)(H2,14,18,19). The van der Waals surface area contributed by atoms with Crippen molar-refractivity contribution < 1.29 is 13.2 Å². The number of aromatic nitrogens is 1. The summed E-state index contributed by atoms with van der Waals surface area (Å²) in [5.74, 6) is -0.304. The van der Waals surface area contributed by atoms with Crippen LogP contribution in [0.2, 0.25) is 0 Å². The zero-order valence-electron chi connectivity index (χ0n) is 10.9. The van der Waals surface area contributed by atoms with E-state index in [0.717, 1.165) is 5.56 Å². The van der Waals surface area contributed by atoms with Gasteiger partial charge >= 0.3 is 0 Å². The number of carbonyl (C=O) groups is 1. The summed E-state index contributed by atoms with van der Waals surface area (Å²) >= 11 is 1.33. The fraction of sp³-hybridized carbons (Fsp3) is 0.167. The SMILES string of the molecule is NCc1nc(C(=O)NCc2ccc(S(N)(=O)=O)cc2)cs1. The van der Waals surface area contributed by atoms with Gasteiger partial charge in [-0.2, -0.15) is 0 Å². The minimum atomic E-state index is -3.70. The Bertz CT molecular complexity index is 738. The van der Waals surface area contributed by atoms with Crippen LogP contribution in [0.4, 0.5) is 0 Å². The van der Waals surface area contributed by atoms with Gasteiger partial charge in [-0.05, 0) is 17.7 Å². The molecule has 7 nitrogen and oxygen atoms in total. The molecule has 0 bridgehead atoms. The van der Waals surface area contributed by atoms with Gasteiger partial charge in [-0.3, -0.25) is 4.79 Å². The Labute approximate surface area is 126 Å². The predicted octanol–water partition coefficient (Wildman–Crippen LogP) is 0.179. The highest BCUT2D eigenvalue weighted by Crippen LogP contribution is 2.10. The van der Waals surface area contributed by atoms with Gasteiger partial charge in [0, 0.05) is 18.5 Å². The number of nitrogens with two attached hydrogens (primary N) is 2. The van der Waals surface area contributed by atoms with E-state index in [1.807, 2.05) is 0 Å². The summed E-state index contributed by atoms with van der Waals surface area (Å²) in [7, 11) is -3.70. The molecule has 1 heterocycles. The number of thiazole rings is 1. The summed E-state index contributed by atoms with van der Waals surface area (Å²) in [6.45, 7) is 0.562. The summed E-state index contributed by atoms with van der Waals surface area (Å²) in [5.41, 5.74) is 6.51. The van der Waals surface area contributed by atoms with Gasteiger partial charge in [0.1, 0.15) is 10.7 Å². The lowest BCUT2D eigenvalue weighted by molar-refractivity contribution is 0.0946. The monoisotopic (exact) mass is 326 g/mol. The molecule has 0 aliphatic carbocycles. The van der Waals surface area contributed by atoms with E-state index in [9.17, 15) is 13.2 Å². The van der Waals surface area contributed by atoms with E-state index in [4.69, 9.17) is 10.9 Å². The van der Waals surface area contributed by atoms with Crippen molar-refractivity contribution in [2.24, 2.45) is 10.9 Å². The highest BCUT2D eigenvalue weighted by Gasteiger charge is 2.10. The van der Waals surface area contributed by atoms with Crippen molar-refractivity contribution in [1.82, 2.24) is 10.3 Å². The molecule has 2 aromatic rings. The third kappa shape index (κ3) is 4.08. The van der Waals surface area contributed by atoms with Crippen molar-refractivity contribution in [2.45, 2.75) is 18.0 Å². The largest absolute Gasteiger partial charge is 0.347 e. The molecule has 1 aromatic carbocycles. The molecule has 112 valence electrons. The van der Waals surface area contributed by atoms with E-state index in [1.165, 1.54) is 23.5 Å². The number of sulfonamides is 1. The van der Waals surface area contributed by atoms with Crippen molar-refractivity contribution in [1.29, 1.82) is 0 Å². The maximum atomic E-state index is 11.8. The first-order valence-corrected chi connectivity index (χ1v) is 8.37. The second-order valence-corrected chi connectivity index (χ2v) is 6.71. The number of benzene rings is 1. The average Bonchev–Trinajstić information content (AvgIpc) is 2.93. The number of hydrogen-bond donors (Lipinski definition) is 3. The summed E-state index contributed by atoms with van der Waals surface area (Å²) in [5, 5.41) is 10.0. The highest BCUT2D eigenvalue weighted by molar-refractivity contribution is 7.89. The maximum Gasteiger partial charge on any atom is 0.271 e. The molecule has 5 N–H and O–H groups in total. The van der Waals surface area contributed by atoms with Crippen molar-refractivity contribution in [2.75, 3.05) is 0 Å². The van der Waals surface area contributed by atoms with Crippen LogP contribution in [-0.2, 0) is 23.1 Å². The zero-order valence-corrected chi connectivity index (χ0v) is 12.6. The Kier molecular flexibility index (Phi) is 4.68. The van der Waals surface area contributed by atoms with Gasteiger partial charge in [-0.1, -0.05) is 12.1 Å². The number of nitrogens with one attached hydrogen (secondary N) is 1. The Balaban J connectivity index is 1.98. The minimum Gasteiger partial charge on any atom is -0.347 e. The Hall–Kier alpha value is -1.81. The number of primary sulfonamides is 1. The van der Waals surface area contributed by atoms with Gasteiger partial charge in [-0.25, -0.2) is 18.5 Å². The molecule has 0 saturated carbocycles. The third-order valence-electron chi connectivity index (χ3n) is 2.66. The summed E-state index contributed by atoms with van der Waals surface area (Å²) < 4.78 is 22.2. The second-order valence-electron chi connectivity index (χ2n) is 4.20. The first kappa shape index (κ1) is 15.6. The van der Waals surface area contributed by atoms with Crippen molar-refractivity contribution in [3.05, 3.63) is 45.9 Å². The average molecular weight is 326 g/mol. The molecule has 9 heteroatoms. The van der Waals surface area contributed by atoms with Gasteiger partial charge < -0.3 is 11.1 Å². The van der Waals surface area contributed by atoms with Crippen molar-refractivity contribution in [3.8, 4) is 0 Å². The van der Waals surface area contributed by atoms with E-state index in [-0.39, 0.29) is 17.3 Å². The van der Waals surface area contributed by atoms with E-state index < -0.39 is 10.0 Å². The van der Waals surface area contributed by atoms with Crippen LogP contribution in [0.1, 0.15) is 21.1 Å². The first-order valence-electron chi connectivity index (χ1n) is 5.94. The van der Waals surface area contributed by atoms with Crippen LogP contribution >= 0.6 is 11.3 Å². The molecule has 21 heavy (non-hydrogen) atoms. The lowest BCUT2D eigenvalue weighted by Gasteiger charge is -2.04. The van der Waals surface area contributed by atoms with Crippen LogP contribution in [0.25, 0.3) is 0 Å². The normalized spacial score (nSPS) is 11.3. The van der Waals surface area contributed by atoms with E-state index in [2.05, 4.69) is 10.3 Å². The number of nitrogens with zero attached hydrogens (tertiary/aromatic N) is 1. The van der Waals surface area contributed by atoms with Gasteiger partial charge in [0.2, 0.25) is 10.0 Å². The number of hydrogen-bond acceptors (Lipinski definition) is 6. The number of carbonyl (C=O) groups excluding carboxylic acids is 1. The fourth-order valence-corrected chi connectivity index (χ4v) is 2.75. The highest BCUT2D eigenvalue weighted by atomic mass is 32.2. The first-order chi connectivity index (χ1) is 9.90. The molecule has 0 saturated heterocycles. The molecule has 0 unspecified atom stereocenters. The molecule has 0 atom stereocenters. The molecular formula is C12H14N4O3S2. The van der Waals surface area contributed by atoms with Crippen LogP contribution in [0.5, 0.6) is 0 Å². The van der Waals surface area contributed by atoms with Crippen LogP contribution in [0.3, 0.4) is 0 Å². The summed E-state index contributed by atoms with van der Waals surface area (Å²) in [4.78, 5) is 16.0. The van der Waals surface area contributed by atoms with Crippen molar-refractivity contribution >= 4 is 27.3 Å². The smallest absolute Gasteiger partial charge is 0.271 e. The second kappa shape index (κ2) is 6.31. The lowest BCUT2D eigenvalue weighted by atomic mass is 10.2. The lowest BCUT2D eigenvalue weighted by Crippen LogP contribution is -2.23. The summed E-state index contributed by atoms with van der Waals surface area (Å²) in [6.07, 6.45) is 0. The molecule has 0 aliphatic rings. The van der Waals surface area contributed by atoms with Gasteiger partial charge in [0.15, 0.2) is 0 Å². The quantitative estimate of drug-likeness (QED) is 0.722. The summed E-state index contributed by atoms with van der Waals surface area (Å²) in [6, 6.07) is 5.97. The number of amides is 1.